The van der Waals surface area contributed by atoms with E-state index in [0.717, 1.165) is 5.69 Å². The second-order valence-electron chi connectivity index (χ2n) is 6.77. The Balaban J connectivity index is 2.02. The fourth-order valence-electron chi connectivity index (χ4n) is 2.95. The molecule has 0 spiro atoms. The largest absolute Gasteiger partial charge is 0.370 e. The summed E-state index contributed by atoms with van der Waals surface area (Å²) in [4.78, 5) is 29.0. The van der Waals surface area contributed by atoms with E-state index in [0.29, 0.717) is 41.0 Å². The van der Waals surface area contributed by atoms with Gasteiger partial charge in [-0.3, -0.25) is 9.59 Å². The summed E-state index contributed by atoms with van der Waals surface area (Å²) in [5, 5.41) is 4.48. The van der Waals surface area contributed by atoms with Crippen LogP contribution in [0.25, 0.3) is 16.9 Å². The summed E-state index contributed by atoms with van der Waals surface area (Å²) >= 11 is 0. The molecule has 0 atom stereocenters. The number of primary amides is 1. The normalized spacial score (nSPS) is 11.0. The molecule has 2 N–H and O–H groups in total. The summed E-state index contributed by atoms with van der Waals surface area (Å²) < 4.78 is 16.3. The third-order valence-corrected chi connectivity index (χ3v) is 4.46. The summed E-state index contributed by atoms with van der Waals surface area (Å²) in [7, 11) is 3.33. The van der Waals surface area contributed by atoms with E-state index in [-0.39, 0.29) is 12.3 Å². The van der Waals surface area contributed by atoms with Crippen LogP contribution in [0, 0.1) is 5.82 Å². The Morgan fingerprint density at radius 2 is 1.96 bits per heavy atom. The molecule has 2 heterocycles. The molecule has 0 fully saturated rings. The van der Waals surface area contributed by atoms with Crippen molar-refractivity contribution in [1.82, 2.24) is 19.5 Å². The molecule has 3 aromatic rings. The highest BCUT2D eigenvalue weighted by Gasteiger charge is 2.17. The maximum atomic E-state index is 14.6. The van der Waals surface area contributed by atoms with Crippen molar-refractivity contribution in [2.75, 3.05) is 14.1 Å². The third-order valence-electron chi connectivity index (χ3n) is 4.46. The van der Waals surface area contributed by atoms with Crippen LogP contribution in [0.15, 0.2) is 30.3 Å². The van der Waals surface area contributed by atoms with Crippen LogP contribution >= 0.6 is 0 Å². The van der Waals surface area contributed by atoms with Gasteiger partial charge in [0.1, 0.15) is 11.5 Å². The van der Waals surface area contributed by atoms with Crippen LogP contribution in [0.2, 0.25) is 0 Å². The summed E-state index contributed by atoms with van der Waals surface area (Å²) in [6.45, 7) is 1.95. The monoisotopic (exact) mass is 383 g/mol. The zero-order chi connectivity index (χ0) is 20.4. The summed E-state index contributed by atoms with van der Waals surface area (Å²) in [6.07, 6.45) is 1.19. The molecule has 0 saturated heterocycles. The predicted octanol–water partition coefficient (Wildman–Crippen LogP) is 2.22. The third kappa shape index (κ3) is 3.85. The molecule has 0 unspecified atom stereocenters. The number of carbonyl (C=O) groups is 2. The smallest absolute Gasteiger partial charge is 0.272 e. The SMILES string of the molecule is CCc1cc(C(=O)N(C)C)nc2cc(-c3ccc(CCC(N)=O)cc3F)nn12. The second kappa shape index (κ2) is 7.75. The van der Waals surface area contributed by atoms with E-state index in [9.17, 15) is 14.0 Å². The lowest BCUT2D eigenvalue weighted by atomic mass is 10.0. The molecule has 0 aliphatic rings. The number of amides is 2. The molecule has 0 aliphatic heterocycles. The van der Waals surface area contributed by atoms with Crippen molar-refractivity contribution in [2.45, 2.75) is 26.2 Å². The minimum atomic E-state index is -0.437. The minimum absolute atomic E-state index is 0.166. The Bertz CT molecular complexity index is 1060. The number of halogens is 1. The fourth-order valence-corrected chi connectivity index (χ4v) is 2.95. The standard InChI is InChI=1S/C20H22FN5O2/c1-4-13-10-17(20(28)25(2)3)23-19-11-16(24-26(13)19)14-7-5-12(9-15(14)21)6-8-18(22)27/h5,7,9-11H,4,6,8H2,1-3H3,(H2,22,27). The summed E-state index contributed by atoms with van der Waals surface area (Å²) in [5.41, 5.74) is 8.20. The number of benzene rings is 1. The number of aromatic nitrogens is 3. The number of hydrogen-bond donors (Lipinski definition) is 1. The first-order chi connectivity index (χ1) is 13.3. The van der Waals surface area contributed by atoms with Gasteiger partial charge in [0, 0.05) is 37.8 Å². The van der Waals surface area contributed by atoms with E-state index in [1.54, 1.807) is 42.9 Å². The molecule has 8 heteroatoms. The van der Waals surface area contributed by atoms with Gasteiger partial charge in [-0.1, -0.05) is 13.0 Å². The van der Waals surface area contributed by atoms with Crippen molar-refractivity contribution in [1.29, 1.82) is 0 Å². The fraction of sp³-hybridized carbons (Fsp3) is 0.300. The van der Waals surface area contributed by atoms with Crippen LogP contribution in [0.1, 0.15) is 35.1 Å². The lowest BCUT2D eigenvalue weighted by Crippen LogP contribution is -2.23. The van der Waals surface area contributed by atoms with Crippen LogP contribution in [-0.2, 0) is 17.6 Å². The molecule has 0 bridgehead atoms. The van der Waals surface area contributed by atoms with Gasteiger partial charge in [0.05, 0.1) is 5.69 Å². The van der Waals surface area contributed by atoms with Crippen molar-refractivity contribution < 1.29 is 14.0 Å². The van der Waals surface area contributed by atoms with Gasteiger partial charge in [-0.05, 0) is 36.6 Å². The lowest BCUT2D eigenvalue weighted by Gasteiger charge is -2.11. The molecule has 28 heavy (non-hydrogen) atoms. The van der Waals surface area contributed by atoms with E-state index < -0.39 is 11.7 Å². The molecule has 146 valence electrons. The first-order valence-corrected chi connectivity index (χ1v) is 8.98. The molecule has 1 aromatic carbocycles. The molecule has 3 rings (SSSR count). The van der Waals surface area contributed by atoms with Crippen LogP contribution in [0.3, 0.4) is 0 Å². The van der Waals surface area contributed by atoms with Crippen molar-refractivity contribution in [2.24, 2.45) is 5.73 Å². The number of fused-ring (bicyclic) bond motifs is 1. The zero-order valence-electron chi connectivity index (χ0n) is 16.1. The number of hydrogen-bond acceptors (Lipinski definition) is 4. The minimum Gasteiger partial charge on any atom is -0.370 e. The topological polar surface area (TPSA) is 93.6 Å². The van der Waals surface area contributed by atoms with E-state index in [2.05, 4.69) is 10.1 Å². The molecule has 0 aliphatic carbocycles. The number of aryl methyl sites for hydroxylation is 2. The van der Waals surface area contributed by atoms with E-state index in [1.165, 1.54) is 11.0 Å². The Morgan fingerprint density at radius 3 is 2.57 bits per heavy atom. The number of nitrogens with zero attached hydrogens (tertiary/aromatic N) is 4. The number of nitrogens with two attached hydrogens (primary N) is 1. The van der Waals surface area contributed by atoms with Crippen molar-refractivity contribution in [3.8, 4) is 11.3 Å². The van der Waals surface area contributed by atoms with Crippen LogP contribution < -0.4 is 5.73 Å². The maximum Gasteiger partial charge on any atom is 0.272 e. The van der Waals surface area contributed by atoms with E-state index in [4.69, 9.17) is 5.73 Å². The van der Waals surface area contributed by atoms with Gasteiger partial charge in [0.25, 0.3) is 5.91 Å². The van der Waals surface area contributed by atoms with Gasteiger partial charge in [-0.2, -0.15) is 5.10 Å². The van der Waals surface area contributed by atoms with Crippen molar-refractivity contribution in [3.05, 3.63) is 53.1 Å². The van der Waals surface area contributed by atoms with Gasteiger partial charge in [-0.15, -0.1) is 0 Å². The number of rotatable bonds is 6. The molecule has 2 amide bonds. The quantitative estimate of drug-likeness (QED) is 0.706. The van der Waals surface area contributed by atoms with Gasteiger partial charge >= 0.3 is 0 Å². The molecule has 0 radical (unpaired) electrons. The highest BCUT2D eigenvalue weighted by atomic mass is 19.1. The molecule has 7 nitrogen and oxygen atoms in total. The van der Waals surface area contributed by atoms with Gasteiger partial charge in [-0.25, -0.2) is 13.9 Å². The zero-order valence-corrected chi connectivity index (χ0v) is 16.1. The van der Waals surface area contributed by atoms with Crippen LogP contribution in [0.4, 0.5) is 4.39 Å². The first-order valence-electron chi connectivity index (χ1n) is 8.98. The van der Waals surface area contributed by atoms with Gasteiger partial charge in [0.2, 0.25) is 5.91 Å². The van der Waals surface area contributed by atoms with E-state index >= 15 is 0 Å². The maximum absolute atomic E-state index is 14.6. The summed E-state index contributed by atoms with van der Waals surface area (Å²) in [5.74, 6) is -1.07. The number of carbonyl (C=O) groups excluding carboxylic acids is 2. The average molecular weight is 383 g/mol. The van der Waals surface area contributed by atoms with Gasteiger partial charge < -0.3 is 10.6 Å². The molecule has 2 aromatic heterocycles. The highest BCUT2D eigenvalue weighted by molar-refractivity contribution is 5.92. The first kappa shape index (κ1) is 19.5. The Labute approximate surface area is 162 Å². The summed E-state index contributed by atoms with van der Waals surface area (Å²) in [6, 6.07) is 8.13. The Morgan fingerprint density at radius 1 is 1.21 bits per heavy atom. The van der Waals surface area contributed by atoms with Gasteiger partial charge in [0.15, 0.2) is 5.65 Å². The second-order valence-corrected chi connectivity index (χ2v) is 6.77. The van der Waals surface area contributed by atoms with Crippen molar-refractivity contribution >= 4 is 17.5 Å². The molecular formula is C20H22FN5O2. The molecule has 0 saturated carbocycles. The Hall–Kier alpha value is -3.29. The average Bonchev–Trinajstić information content (AvgIpc) is 3.08. The van der Waals surface area contributed by atoms with Crippen molar-refractivity contribution in [3.63, 3.8) is 0 Å². The van der Waals surface area contributed by atoms with E-state index in [1.807, 2.05) is 6.92 Å². The molecular weight excluding hydrogens is 361 g/mol. The Kier molecular flexibility index (Phi) is 5.39. The predicted molar refractivity (Wildman–Crippen MR) is 103 cm³/mol. The van der Waals surface area contributed by atoms with Crippen LogP contribution in [-0.4, -0.2) is 45.4 Å². The highest BCUT2D eigenvalue weighted by Crippen LogP contribution is 2.25. The lowest BCUT2D eigenvalue weighted by molar-refractivity contribution is -0.117. The van der Waals surface area contributed by atoms with Crippen LogP contribution in [0.5, 0.6) is 0 Å².